The number of piperazine rings is 1. The zero-order chi connectivity index (χ0) is 12.4. The number of hydrogen-bond donors (Lipinski definition) is 0. The molecule has 1 fully saturated rings. The molecule has 92 valence electrons. The Balaban J connectivity index is 2.20. The lowest BCUT2D eigenvalue weighted by Crippen LogP contribution is -2.51. The van der Waals surface area contributed by atoms with Gasteiger partial charge in [0.25, 0.3) is 0 Å². The van der Waals surface area contributed by atoms with Crippen molar-refractivity contribution in [3.8, 4) is 0 Å². The Labute approximate surface area is 103 Å². The molecule has 0 N–H and O–H groups in total. The first-order valence-electron chi connectivity index (χ1n) is 6.15. The van der Waals surface area contributed by atoms with Crippen molar-refractivity contribution in [1.29, 1.82) is 0 Å². The summed E-state index contributed by atoms with van der Waals surface area (Å²) in [6.07, 6.45) is 0.954. The smallest absolute Gasteiger partial charge is 0.209 e. The number of hydrogen-bond acceptors (Lipinski definition) is 2. The average Bonchev–Trinajstić information content (AvgIpc) is 2.30. The Bertz CT molecular complexity index is 417. The summed E-state index contributed by atoms with van der Waals surface area (Å²) in [5.41, 5.74) is 3.91. The van der Waals surface area contributed by atoms with Gasteiger partial charge < -0.3 is 9.80 Å². The number of anilines is 1. The molecule has 3 nitrogen and oxygen atoms in total. The zero-order valence-electron chi connectivity index (χ0n) is 10.8. The third-order valence-corrected chi connectivity index (χ3v) is 3.47. The van der Waals surface area contributed by atoms with E-state index < -0.39 is 0 Å². The maximum Gasteiger partial charge on any atom is 0.209 e. The first-order valence-corrected chi connectivity index (χ1v) is 6.15. The Morgan fingerprint density at radius 2 is 2.06 bits per heavy atom. The van der Waals surface area contributed by atoms with E-state index in [0.29, 0.717) is 6.04 Å². The van der Waals surface area contributed by atoms with Crippen LogP contribution in [0.15, 0.2) is 18.2 Å². The summed E-state index contributed by atoms with van der Waals surface area (Å²) in [7, 11) is 0. The topological polar surface area (TPSA) is 23.6 Å². The molecule has 0 saturated carbocycles. The normalized spacial score (nSPS) is 20.5. The van der Waals surface area contributed by atoms with Crippen LogP contribution in [0, 0.1) is 13.8 Å². The van der Waals surface area contributed by atoms with E-state index in [4.69, 9.17) is 0 Å². The van der Waals surface area contributed by atoms with E-state index in [1.807, 2.05) is 4.90 Å². The van der Waals surface area contributed by atoms with Crippen molar-refractivity contribution < 1.29 is 4.79 Å². The first kappa shape index (κ1) is 12.0. The lowest BCUT2D eigenvalue weighted by atomic mass is 10.1. The van der Waals surface area contributed by atoms with Gasteiger partial charge in [0.15, 0.2) is 0 Å². The molecule has 1 saturated heterocycles. The van der Waals surface area contributed by atoms with Crippen LogP contribution in [0.25, 0.3) is 0 Å². The molecule has 0 unspecified atom stereocenters. The number of amides is 1. The van der Waals surface area contributed by atoms with Gasteiger partial charge in [-0.2, -0.15) is 0 Å². The molecular weight excluding hydrogens is 212 g/mol. The molecule has 2 rings (SSSR count). The monoisotopic (exact) mass is 232 g/mol. The lowest BCUT2D eigenvalue weighted by Gasteiger charge is -2.40. The summed E-state index contributed by atoms with van der Waals surface area (Å²) >= 11 is 0. The summed E-state index contributed by atoms with van der Waals surface area (Å²) in [5.74, 6) is 0. The fraction of sp³-hybridized carbons (Fsp3) is 0.500. The van der Waals surface area contributed by atoms with Crippen LogP contribution >= 0.6 is 0 Å². The van der Waals surface area contributed by atoms with Gasteiger partial charge in [0, 0.05) is 31.4 Å². The maximum atomic E-state index is 10.8. The average molecular weight is 232 g/mol. The second kappa shape index (κ2) is 4.78. The number of aryl methyl sites for hydroxylation is 2. The quantitative estimate of drug-likeness (QED) is 0.728. The SMILES string of the molecule is Cc1ccc(N2CCN(C=O)C[C@H]2C)c(C)c1. The van der Waals surface area contributed by atoms with E-state index in [9.17, 15) is 4.79 Å². The molecule has 0 aromatic heterocycles. The molecule has 1 aromatic rings. The number of nitrogens with zero attached hydrogens (tertiary/aromatic N) is 2. The minimum Gasteiger partial charge on any atom is -0.365 e. The highest BCUT2D eigenvalue weighted by Crippen LogP contribution is 2.24. The van der Waals surface area contributed by atoms with E-state index in [1.54, 1.807) is 0 Å². The molecule has 1 amide bonds. The Morgan fingerprint density at radius 3 is 2.65 bits per heavy atom. The maximum absolute atomic E-state index is 10.8. The van der Waals surface area contributed by atoms with Crippen molar-refractivity contribution in [2.75, 3.05) is 24.5 Å². The minimum absolute atomic E-state index is 0.385. The van der Waals surface area contributed by atoms with E-state index in [-0.39, 0.29) is 0 Å². The van der Waals surface area contributed by atoms with Crippen molar-refractivity contribution in [3.63, 3.8) is 0 Å². The molecule has 0 radical (unpaired) electrons. The van der Waals surface area contributed by atoms with Crippen LogP contribution < -0.4 is 4.90 Å². The van der Waals surface area contributed by atoms with Gasteiger partial charge in [-0.25, -0.2) is 0 Å². The van der Waals surface area contributed by atoms with Gasteiger partial charge in [-0.05, 0) is 32.4 Å². The highest BCUT2D eigenvalue weighted by Gasteiger charge is 2.23. The zero-order valence-corrected chi connectivity index (χ0v) is 10.8. The third-order valence-electron chi connectivity index (χ3n) is 3.47. The number of carbonyl (C=O) groups is 1. The van der Waals surface area contributed by atoms with Crippen LogP contribution in [0.1, 0.15) is 18.1 Å². The highest BCUT2D eigenvalue weighted by atomic mass is 16.1. The van der Waals surface area contributed by atoms with Crippen LogP contribution in [0.5, 0.6) is 0 Å². The number of benzene rings is 1. The lowest BCUT2D eigenvalue weighted by molar-refractivity contribution is -0.118. The molecule has 1 aromatic carbocycles. The molecule has 1 atom stereocenters. The predicted molar refractivity (Wildman–Crippen MR) is 70.4 cm³/mol. The van der Waals surface area contributed by atoms with Crippen LogP contribution in [0.4, 0.5) is 5.69 Å². The fourth-order valence-corrected chi connectivity index (χ4v) is 2.57. The van der Waals surface area contributed by atoms with Gasteiger partial charge in [-0.15, -0.1) is 0 Å². The third kappa shape index (κ3) is 2.43. The first-order chi connectivity index (χ1) is 8.11. The van der Waals surface area contributed by atoms with E-state index in [2.05, 4.69) is 43.9 Å². The van der Waals surface area contributed by atoms with Crippen LogP contribution in [0.2, 0.25) is 0 Å². The Hall–Kier alpha value is -1.51. The summed E-state index contributed by atoms with van der Waals surface area (Å²) in [6.45, 7) is 9.00. The van der Waals surface area contributed by atoms with Gasteiger partial charge in [0.1, 0.15) is 0 Å². The van der Waals surface area contributed by atoms with Gasteiger partial charge in [-0.3, -0.25) is 4.79 Å². The van der Waals surface area contributed by atoms with Crippen LogP contribution in [-0.2, 0) is 4.79 Å². The fourth-order valence-electron chi connectivity index (χ4n) is 2.57. The highest BCUT2D eigenvalue weighted by molar-refractivity contribution is 5.57. The number of carbonyl (C=O) groups excluding carboxylic acids is 1. The summed E-state index contributed by atoms with van der Waals surface area (Å²) in [6, 6.07) is 6.95. The van der Waals surface area contributed by atoms with Crippen LogP contribution in [0.3, 0.4) is 0 Å². The van der Waals surface area contributed by atoms with Crippen molar-refractivity contribution in [3.05, 3.63) is 29.3 Å². The van der Waals surface area contributed by atoms with Crippen molar-refractivity contribution in [2.24, 2.45) is 0 Å². The van der Waals surface area contributed by atoms with Gasteiger partial charge in [0.05, 0.1) is 0 Å². The van der Waals surface area contributed by atoms with Crippen molar-refractivity contribution in [1.82, 2.24) is 4.90 Å². The molecule has 1 aliphatic rings. The number of rotatable bonds is 2. The second-order valence-electron chi connectivity index (χ2n) is 4.93. The molecule has 0 spiro atoms. The summed E-state index contributed by atoms with van der Waals surface area (Å²) in [4.78, 5) is 15.0. The molecule has 0 aliphatic carbocycles. The Kier molecular flexibility index (Phi) is 3.36. The van der Waals surface area contributed by atoms with Gasteiger partial charge >= 0.3 is 0 Å². The van der Waals surface area contributed by atoms with E-state index in [1.165, 1.54) is 16.8 Å². The minimum atomic E-state index is 0.385. The molecule has 0 bridgehead atoms. The van der Waals surface area contributed by atoms with Gasteiger partial charge in [-0.1, -0.05) is 17.7 Å². The van der Waals surface area contributed by atoms with Crippen molar-refractivity contribution in [2.45, 2.75) is 26.8 Å². The molecule has 1 heterocycles. The molecular formula is C14H20N2O. The second-order valence-corrected chi connectivity index (χ2v) is 4.93. The molecule has 1 aliphatic heterocycles. The predicted octanol–water partition coefficient (Wildman–Crippen LogP) is 1.97. The van der Waals surface area contributed by atoms with Gasteiger partial charge in [0.2, 0.25) is 6.41 Å². The summed E-state index contributed by atoms with van der Waals surface area (Å²) < 4.78 is 0. The summed E-state index contributed by atoms with van der Waals surface area (Å²) in [5, 5.41) is 0. The molecule has 17 heavy (non-hydrogen) atoms. The van der Waals surface area contributed by atoms with E-state index >= 15 is 0 Å². The van der Waals surface area contributed by atoms with Crippen molar-refractivity contribution >= 4 is 12.1 Å². The van der Waals surface area contributed by atoms with E-state index in [0.717, 1.165) is 26.0 Å². The standard InChI is InChI=1S/C14H20N2O/c1-11-4-5-14(12(2)8-11)16-7-6-15(10-17)9-13(16)3/h4-5,8,10,13H,6-7,9H2,1-3H3/t13-/m1/s1. The largest absolute Gasteiger partial charge is 0.365 e. The Morgan fingerprint density at radius 1 is 1.29 bits per heavy atom. The molecule has 3 heteroatoms. The van der Waals surface area contributed by atoms with Crippen LogP contribution in [-0.4, -0.2) is 37.0 Å².